The highest BCUT2D eigenvalue weighted by molar-refractivity contribution is 5.01. The van der Waals surface area contributed by atoms with Crippen LogP contribution < -0.4 is 0 Å². The van der Waals surface area contributed by atoms with Gasteiger partial charge in [-0.3, -0.25) is 0 Å². The van der Waals surface area contributed by atoms with Gasteiger partial charge in [-0.1, -0.05) is 0 Å². The number of nitrogens with zero attached hydrogens (tertiary/aromatic N) is 1. The van der Waals surface area contributed by atoms with Crippen molar-refractivity contribution in [2.45, 2.75) is 57.4 Å². The van der Waals surface area contributed by atoms with Gasteiger partial charge in [-0.2, -0.15) is 0 Å². The average molecular weight is 214 g/mol. The molecule has 0 aliphatic carbocycles. The Bertz CT molecular complexity index is 237. The van der Waals surface area contributed by atoms with Crippen molar-refractivity contribution in [2.75, 3.05) is 13.2 Å². The summed E-state index contributed by atoms with van der Waals surface area (Å²) < 4.78 is 11.4. The van der Waals surface area contributed by atoms with E-state index in [1.165, 1.54) is 5.06 Å². The molecule has 0 atom stereocenters. The summed E-state index contributed by atoms with van der Waals surface area (Å²) in [6.07, 6.45) is 1.29. The van der Waals surface area contributed by atoms with Gasteiger partial charge in [-0.25, -0.2) is 0 Å². The van der Waals surface area contributed by atoms with Crippen molar-refractivity contribution in [2.24, 2.45) is 0 Å². The van der Waals surface area contributed by atoms with Crippen LogP contribution in [0.5, 0.6) is 0 Å². The fourth-order valence-corrected chi connectivity index (χ4v) is 3.04. The number of hydroxylamine groups is 2. The summed E-state index contributed by atoms with van der Waals surface area (Å²) in [6.45, 7) is 9.10. The minimum atomic E-state index is -0.520. The third kappa shape index (κ3) is 1.80. The SMILES string of the molecule is CC1(C)CC2(CC(C)(C)N1[O])OCCO2. The summed E-state index contributed by atoms with van der Waals surface area (Å²) in [4.78, 5) is 0. The molecule has 2 aliphatic rings. The molecule has 1 spiro atoms. The van der Waals surface area contributed by atoms with Crippen molar-refractivity contribution in [1.82, 2.24) is 5.06 Å². The maximum Gasteiger partial charge on any atom is 0.172 e. The third-order valence-electron chi connectivity index (χ3n) is 3.32. The van der Waals surface area contributed by atoms with Crippen molar-refractivity contribution in [3.63, 3.8) is 0 Å². The van der Waals surface area contributed by atoms with Gasteiger partial charge in [0.05, 0.1) is 13.2 Å². The van der Waals surface area contributed by atoms with Gasteiger partial charge >= 0.3 is 0 Å². The van der Waals surface area contributed by atoms with Crippen LogP contribution in [0.4, 0.5) is 0 Å². The standard InChI is InChI=1S/C11H20NO3/c1-9(2)7-11(14-5-6-15-11)8-10(3,4)12(9)13/h5-8H2,1-4H3. The molecule has 2 heterocycles. The second kappa shape index (κ2) is 3.17. The van der Waals surface area contributed by atoms with E-state index in [1.807, 2.05) is 27.7 Å². The topological polar surface area (TPSA) is 41.6 Å². The lowest BCUT2D eigenvalue weighted by molar-refractivity contribution is -0.341. The van der Waals surface area contributed by atoms with Crippen molar-refractivity contribution in [1.29, 1.82) is 0 Å². The van der Waals surface area contributed by atoms with Gasteiger partial charge in [0.15, 0.2) is 5.79 Å². The Morgan fingerprint density at radius 3 is 1.73 bits per heavy atom. The maximum absolute atomic E-state index is 12.1. The largest absolute Gasteiger partial charge is 0.347 e. The molecule has 0 N–H and O–H groups in total. The molecule has 0 aromatic carbocycles. The maximum atomic E-state index is 12.1. The first kappa shape index (κ1) is 11.3. The zero-order chi connectivity index (χ0) is 11.3. The fourth-order valence-electron chi connectivity index (χ4n) is 3.04. The third-order valence-corrected chi connectivity index (χ3v) is 3.32. The average Bonchev–Trinajstić information content (AvgIpc) is 2.47. The van der Waals surface area contributed by atoms with Crippen LogP contribution in [-0.4, -0.2) is 35.1 Å². The van der Waals surface area contributed by atoms with Crippen molar-refractivity contribution < 1.29 is 14.7 Å². The van der Waals surface area contributed by atoms with Gasteiger partial charge in [0.25, 0.3) is 0 Å². The van der Waals surface area contributed by atoms with E-state index in [1.54, 1.807) is 0 Å². The van der Waals surface area contributed by atoms with E-state index < -0.39 is 16.9 Å². The van der Waals surface area contributed by atoms with E-state index >= 15 is 0 Å². The molecule has 2 aliphatic heterocycles. The summed E-state index contributed by atoms with van der Waals surface area (Å²) >= 11 is 0. The summed E-state index contributed by atoms with van der Waals surface area (Å²) in [5, 5.41) is 13.3. The van der Waals surface area contributed by atoms with Crippen molar-refractivity contribution >= 4 is 0 Å². The van der Waals surface area contributed by atoms with E-state index in [2.05, 4.69) is 0 Å². The number of rotatable bonds is 0. The lowest BCUT2D eigenvalue weighted by Crippen LogP contribution is -2.63. The quantitative estimate of drug-likeness (QED) is 0.616. The molecule has 87 valence electrons. The smallest absolute Gasteiger partial charge is 0.172 e. The summed E-state index contributed by atoms with van der Waals surface area (Å²) in [5.41, 5.74) is -0.849. The van der Waals surface area contributed by atoms with Crippen LogP contribution in [0.15, 0.2) is 0 Å². The second-order valence-corrected chi connectivity index (χ2v) is 5.88. The van der Waals surface area contributed by atoms with Crippen LogP contribution in [0.3, 0.4) is 0 Å². The zero-order valence-electron chi connectivity index (χ0n) is 10.0. The van der Waals surface area contributed by atoms with E-state index in [9.17, 15) is 5.21 Å². The first-order chi connectivity index (χ1) is 6.78. The Morgan fingerprint density at radius 1 is 0.933 bits per heavy atom. The molecule has 4 nitrogen and oxygen atoms in total. The molecule has 2 rings (SSSR count). The Balaban J connectivity index is 2.27. The van der Waals surface area contributed by atoms with Gasteiger partial charge in [0, 0.05) is 23.9 Å². The Kier molecular flexibility index (Phi) is 2.39. The molecule has 0 bridgehead atoms. The summed E-state index contributed by atoms with van der Waals surface area (Å²) in [7, 11) is 0. The van der Waals surface area contributed by atoms with Crippen LogP contribution in [0.25, 0.3) is 0 Å². The fraction of sp³-hybridized carbons (Fsp3) is 1.00. The van der Waals surface area contributed by atoms with E-state index in [-0.39, 0.29) is 0 Å². The predicted molar refractivity (Wildman–Crippen MR) is 54.6 cm³/mol. The van der Waals surface area contributed by atoms with Crippen LogP contribution >= 0.6 is 0 Å². The second-order valence-electron chi connectivity index (χ2n) is 5.88. The van der Waals surface area contributed by atoms with Crippen LogP contribution in [0, 0.1) is 0 Å². The number of piperidine rings is 1. The molecule has 0 saturated carbocycles. The molecule has 0 amide bonds. The monoisotopic (exact) mass is 214 g/mol. The van der Waals surface area contributed by atoms with E-state index in [0.717, 1.165) is 0 Å². The molecule has 0 unspecified atom stereocenters. The molecule has 1 radical (unpaired) electrons. The lowest BCUT2D eigenvalue weighted by atomic mass is 9.78. The molecular formula is C11H20NO3. The van der Waals surface area contributed by atoms with Crippen LogP contribution in [0.2, 0.25) is 0 Å². The molecular weight excluding hydrogens is 194 g/mol. The molecule has 0 aromatic rings. The molecule has 4 heteroatoms. The highest BCUT2D eigenvalue weighted by Crippen LogP contribution is 2.46. The molecule has 0 aromatic heterocycles. The minimum absolute atomic E-state index is 0.425. The predicted octanol–water partition coefficient (Wildman–Crippen LogP) is 1.73. The number of hydrogen-bond donors (Lipinski definition) is 0. The Labute approximate surface area is 91.1 Å². The van der Waals surface area contributed by atoms with E-state index in [0.29, 0.717) is 26.1 Å². The normalized spacial score (nSPS) is 33.4. The lowest BCUT2D eigenvalue weighted by Gasteiger charge is -2.52. The van der Waals surface area contributed by atoms with Crippen LogP contribution in [0.1, 0.15) is 40.5 Å². The molecule has 2 fully saturated rings. The van der Waals surface area contributed by atoms with E-state index in [4.69, 9.17) is 9.47 Å². The van der Waals surface area contributed by atoms with Crippen LogP contribution in [-0.2, 0) is 14.7 Å². The summed E-state index contributed by atoms with van der Waals surface area (Å²) in [6, 6.07) is 0. The Hall–Kier alpha value is -0.160. The molecule has 15 heavy (non-hydrogen) atoms. The van der Waals surface area contributed by atoms with Gasteiger partial charge in [0.2, 0.25) is 0 Å². The van der Waals surface area contributed by atoms with Gasteiger partial charge in [-0.05, 0) is 27.7 Å². The first-order valence-corrected chi connectivity index (χ1v) is 5.53. The summed E-state index contributed by atoms with van der Waals surface area (Å²) in [5.74, 6) is -0.520. The molecule has 2 saturated heterocycles. The number of ether oxygens (including phenoxy) is 2. The Morgan fingerprint density at radius 2 is 1.33 bits per heavy atom. The number of hydrogen-bond acceptors (Lipinski definition) is 3. The minimum Gasteiger partial charge on any atom is -0.347 e. The zero-order valence-corrected chi connectivity index (χ0v) is 10.0. The highest BCUT2D eigenvalue weighted by Gasteiger charge is 2.55. The first-order valence-electron chi connectivity index (χ1n) is 5.53. The van der Waals surface area contributed by atoms with Gasteiger partial charge in [-0.15, -0.1) is 10.3 Å². The van der Waals surface area contributed by atoms with Crippen molar-refractivity contribution in [3.8, 4) is 0 Å². The van der Waals surface area contributed by atoms with Gasteiger partial charge < -0.3 is 9.47 Å². The van der Waals surface area contributed by atoms with Gasteiger partial charge in [0.1, 0.15) is 0 Å². The van der Waals surface area contributed by atoms with Crippen molar-refractivity contribution in [3.05, 3.63) is 0 Å². The highest BCUT2D eigenvalue weighted by atomic mass is 16.7.